The van der Waals surface area contributed by atoms with Gasteiger partial charge in [0.15, 0.2) is 0 Å². The van der Waals surface area contributed by atoms with E-state index in [0.717, 1.165) is 11.4 Å². The van der Waals surface area contributed by atoms with Gasteiger partial charge >= 0.3 is 0 Å². The van der Waals surface area contributed by atoms with Crippen molar-refractivity contribution in [1.82, 2.24) is 0 Å². The summed E-state index contributed by atoms with van der Waals surface area (Å²) in [5.74, 6) is 0. The smallest absolute Gasteiger partial charge is 0.145 e. The lowest BCUT2D eigenvalue weighted by molar-refractivity contribution is 1.10. The summed E-state index contributed by atoms with van der Waals surface area (Å²) in [5.41, 5.74) is 1.69. The minimum Gasteiger partial charge on any atom is -0.333 e. The van der Waals surface area contributed by atoms with E-state index in [9.17, 15) is 0 Å². The first-order valence-corrected chi connectivity index (χ1v) is 7.95. The van der Waals surface area contributed by atoms with Crippen molar-refractivity contribution < 1.29 is 0 Å². The molecule has 0 bridgehead atoms. The van der Waals surface area contributed by atoms with Crippen LogP contribution in [-0.2, 0) is 0 Å². The van der Waals surface area contributed by atoms with Crippen LogP contribution in [0.1, 0.15) is 0 Å². The Balaban J connectivity index is 2.31. The van der Waals surface area contributed by atoms with E-state index < -0.39 is 0 Å². The van der Waals surface area contributed by atoms with E-state index >= 15 is 0 Å². The standard InChI is InChI=1S/C16H14Cl4N2/c1-21(13-7-3-5-11(17)9-13)15(19)16(20)22(2)14-8-4-6-12(18)10-14/h3-10H,1-2H3/b16-15+. The van der Waals surface area contributed by atoms with Gasteiger partial charge in [0.25, 0.3) is 0 Å². The van der Waals surface area contributed by atoms with Gasteiger partial charge in [0.1, 0.15) is 10.3 Å². The third-order valence-electron chi connectivity index (χ3n) is 3.15. The normalized spacial score (nSPS) is 11.9. The van der Waals surface area contributed by atoms with Crippen LogP contribution in [0.5, 0.6) is 0 Å². The van der Waals surface area contributed by atoms with Gasteiger partial charge in [-0.2, -0.15) is 0 Å². The molecule has 0 aromatic heterocycles. The van der Waals surface area contributed by atoms with E-state index in [4.69, 9.17) is 46.4 Å². The van der Waals surface area contributed by atoms with Gasteiger partial charge in [0, 0.05) is 35.5 Å². The van der Waals surface area contributed by atoms with Gasteiger partial charge in [-0.1, -0.05) is 58.5 Å². The molecule has 0 heterocycles. The Hall–Kier alpha value is -1.06. The molecule has 0 saturated heterocycles. The van der Waals surface area contributed by atoms with Gasteiger partial charge in [-0.15, -0.1) is 0 Å². The molecule has 2 rings (SSSR count). The van der Waals surface area contributed by atoms with Crippen LogP contribution >= 0.6 is 46.4 Å². The number of nitrogens with zero attached hydrogens (tertiary/aromatic N) is 2. The maximum atomic E-state index is 6.41. The number of rotatable bonds is 4. The van der Waals surface area contributed by atoms with Crippen LogP contribution in [-0.4, -0.2) is 14.1 Å². The summed E-state index contributed by atoms with van der Waals surface area (Å²) in [6, 6.07) is 14.7. The molecule has 116 valence electrons. The summed E-state index contributed by atoms with van der Waals surface area (Å²) in [7, 11) is 3.64. The molecule has 0 saturated carbocycles. The molecule has 0 atom stereocenters. The summed E-state index contributed by atoms with van der Waals surface area (Å²) in [4.78, 5) is 3.52. The van der Waals surface area contributed by atoms with Crippen LogP contribution in [0.2, 0.25) is 10.0 Å². The van der Waals surface area contributed by atoms with Crippen molar-refractivity contribution in [2.75, 3.05) is 23.9 Å². The van der Waals surface area contributed by atoms with Crippen molar-refractivity contribution in [3.05, 3.63) is 68.9 Å². The fourth-order valence-corrected chi connectivity index (χ4v) is 2.69. The van der Waals surface area contributed by atoms with Crippen molar-refractivity contribution in [2.24, 2.45) is 0 Å². The molecule has 0 aliphatic rings. The molecule has 22 heavy (non-hydrogen) atoms. The first-order chi connectivity index (χ1) is 10.4. The second-order valence-electron chi connectivity index (χ2n) is 4.66. The molecular formula is C16H14Cl4N2. The van der Waals surface area contributed by atoms with E-state index in [1.54, 1.807) is 21.9 Å². The highest BCUT2D eigenvalue weighted by molar-refractivity contribution is 6.41. The van der Waals surface area contributed by atoms with Crippen LogP contribution in [0, 0.1) is 0 Å². The third kappa shape index (κ3) is 4.02. The highest BCUT2D eigenvalue weighted by Gasteiger charge is 2.15. The number of anilines is 2. The molecule has 2 aromatic carbocycles. The van der Waals surface area contributed by atoms with Crippen LogP contribution in [0.15, 0.2) is 58.8 Å². The largest absolute Gasteiger partial charge is 0.333 e. The highest BCUT2D eigenvalue weighted by atomic mass is 35.5. The fraction of sp³-hybridized carbons (Fsp3) is 0.125. The Morgan fingerprint density at radius 2 is 1.09 bits per heavy atom. The van der Waals surface area contributed by atoms with Gasteiger partial charge < -0.3 is 9.80 Å². The maximum Gasteiger partial charge on any atom is 0.145 e. The predicted octanol–water partition coefficient (Wildman–Crippen LogP) is 6.17. The molecule has 0 aliphatic heterocycles. The van der Waals surface area contributed by atoms with E-state index in [1.807, 2.05) is 50.5 Å². The minimum atomic E-state index is 0.381. The number of hydrogen-bond donors (Lipinski definition) is 0. The van der Waals surface area contributed by atoms with Crippen LogP contribution in [0.25, 0.3) is 0 Å². The van der Waals surface area contributed by atoms with Gasteiger partial charge in [0.2, 0.25) is 0 Å². The third-order valence-corrected chi connectivity index (χ3v) is 4.58. The maximum absolute atomic E-state index is 6.41. The molecule has 0 unspecified atom stereocenters. The van der Waals surface area contributed by atoms with Crippen molar-refractivity contribution in [2.45, 2.75) is 0 Å². The topological polar surface area (TPSA) is 6.48 Å². The van der Waals surface area contributed by atoms with Crippen molar-refractivity contribution >= 4 is 57.8 Å². The average Bonchev–Trinajstić information content (AvgIpc) is 2.52. The number of hydrogen-bond acceptors (Lipinski definition) is 2. The van der Waals surface area contributed by atoms with Crippen molar-refractivity contribution in [3.8, 4) is 0 Å². The van der Waals surface area contributed by atoms with Crippen molar-refractivity contribution in [1.29, 1.82) is 0 Å². The molecule has 0 radical (unpaired) electrons. The molecule has 6 heteroatoms. The molecule has 2 aromatic rings. The van der Waals surface area contributed by atoms with E-state index in [1.165, 1.54) is 0 Å². The van der Waals surface area contributed by atoms with Crippen LogP contribution in [0.4, 0.5) is 11.4 Å². The average molecular weight is 376 g/mol. The Bertz CT molecular complexity index is 641. The second-order valence-corrected chi connectivity index (χ2v) is 6.25. The summed E-state index contributed by atoms with van der Waals surface area (Å²) < 4.78 is 0. The summed E-state index contributed by atoms with van der Waals surface area (Å²) in [5, 5.41) is 2.03. The van der Waals surface area contributed by atoms with Gasteiger partial charge in [0.05, 0.1) is 0 Å². The van der Waals surface area contributed by atoms with Crippen molar-refractivity contribution in [3.63, 3.8) is 0 Å². The van der Waals surface area contributed by atoms with Gasteiger partial charge in [-0.3, -0.25) is 0 Å². The van der Waals surface area contributed by atoms with Crippen LogP contribution in [0.3, 0.4) is 0 Å². The Labute approximate surface area is 150 Å². The number of benzene rings is 2. The first-order valence-electron chi connectivity index (χ1n) is 6.44. The molecule has 2 nitrogen and oxygen atoms in total. The lowest BCUT2D eigenvalue weighted by atomic mass is 10.3. The predicted molar refractivity (Wildman–Crippen MR) is 98.4 cm³/mol. The molecule has 0 spiro atoms. The van der Waals surface area contributed by atoms with E-state index in [-0.39, 0.29) is 0 Å². The molecule has 0 N–H and O–H groups in total. The van der Waals surface area contributed by atoms with E-state index in [2.05, 4.69) is 0 Å². The first kappa shape index (κ1) is 17.3. The summed E-state index contributed by atoms with van der Waals surface area (Å²) >= 11 is 24.8. The van der Waals surface area contributed by atoms with Crippen LogP contribution < -0.4 is 9.80 Å². The Kier molecular flexibility index (Phi) is 5.87. The zero-order valence-electron chi connectivity index (χ0n) is 12.0. The van der Waals surface area contributed by atoms with Gasteiger partial charge in [-0.25, -0.2) is 0 Å². The fourth-order valence-electron chi connectivity index (χ4n) is 1.87. The lowest BCUT2D eigenvalue weighted by Crippen LogP contribution is -2.21. The molecule has 0 amide bonds. The summed E-state index contributed by atoms with van der Waals surface area (Å²) in [6.07, 6.45) is 0. The Morgan fingerprint density at radius 3 is 1.41 bits per heavy atom. The second kappa shape index (κ2) is 7.47. The zero-order valence-corrected chi connectivity index (χ0v) is 15.0. The van der Waals surface area contributed by atoms with E-state index in [0.29, 0.717) is 20.4 Å². The summed E-state index contributed by atoms with van der Waals surface area (Å²) in [6.45, 7) is 0. The quantitative estimate of drug-likeness (QED) is 0.589. The molecular weight excluding hydrogens is 362 g/mol. The zero-order chi connectivity index (χ0) is 16.3. The Morgan fingerprint density at radius 1 is 0.727 bits per heavy atom. The number of halogens is 4. The minimum absolute atomic E-state index is 0.381. The van der Waals surface area contributed by atoms with Gasteiger partial charge in [-0.05, 0) is 36.4 Å². The monoisotopic (exact) mass is 374 g/mol. The SMILES string of the molecule is CN(/C(Cl)=C(\Cl)N(C)c1cccc(Cl)c1)c1cccc(Cl)c1. The molecule has 0 fully saturated rings. The lowest BCUT2D eigenvalue weighted by Gasteiger charge is -2.25. The highest BCUT2D eigenvalue weighted by Crippen LogP contribution is 2.30. The molecule has 0 aliphatic carbocycles.